The Morgan fingerprint density at radius 3 is 2.78 bits per heavy atom. The molecule has 2 rings (SSSR count). The summed E-state index contributed by atoms with van der Waals surface area (Å²) in [6.45, 7) is 0. The van der Waals surface area contributed by atoms with Crippen LogP contribution in [0.25, 0.3) is 0 Å². The third-order valence-corrected chi connectivity index (χ3v) is 2.95. The second-order valence-corrected chi connectivity index (χ2v) is 4.40. The highest BCUT2D eigenvalue weighted by Gasteiger charge is 2.07. The second-order valence-electron chi connectivity index (χ2n) is 3.42. The van der Waals surface area contributed by atoms with Crippen molar-refractivity contribution in [2.45, 2.75) is 0 Å². The maximum absolute atomic E-state index is 11.6. The molecule has 1 heterocycles. The summed E-state index contributed by atoms with van der Waals surface area (Å²) in [5.41, 5.74) is 2.54. The van der Waals surface area contributed by atoms with Crippen molar-refractivity contribution in [3.05, 3.63) is 46.2 Å². The molecule has 0 aliphatic carbocycles. The van der Waals surface area contributed by atoms with Crippen molar-refractivity contribution in [3.63, 3.8) is 0 Å². The number of hydrogen-bond donors (Lipinski definition) is 3. The number of amides is 1. The summed E-state index contributed by atoms with van der Waals surface area (Å²) < 4.78 is 0. The molecule has 0 unspecified atom stereocenters. The zero-order chi connectivity index (χ0) is 13.0. The Morgan fingerprint density at radius 1 is 1.28 bits per heavy atom. The Bertz CT molecular complexity index is 579. The van der Waals surface area contributed by atoms with Crippen LogP contribution in [-0.2, 0) is 0 Å². The van der Waals surface area contributed by atoms with Crippen LogP contribution in [0.3, 0.4) is 0 Å². The lowest BCUT2D eigenvalue weighted by molar-refractivity contribution is 0.0954. The normalized spacial score (nSPS) is 10.7. The predicted octanol–water partition coefficient (Wildman–Crippen LogP) is 1.92. The molecule has 0 fully saturated rings. The van der Waals surface area contributed by atoms with Crippen molar-refractivity contribution in [3.8, 4) is 11.5 Å². The fraction of sp³-hybridized carbons (Fsp3) is 0. The monoisotopic (exact) mass is 262 g/mol. The fourth-order valence-corrected chi connectivity index (χ4v) is 1.83. The molecule has 0 aliphatic heterocycles. The number of hydrogen-bond acceptors (Lipinski definition) is 5. The van der Waals surface area contributed by atoms with E-state index in [-0.39, 0.29) is 17.1 Å². The van der Waals surface area contributed by atoms with Gasteiger partial charge in [0.05, 0.1) is 6.21 Å². The molecule has 1 amide bonds. The molecule has 0 atom stereocenters. The van der Waals surface area contributed by atoms with E-state index in [4.69, 9.17) is 5.11 Å². The lowest BCUT2D eigenvalue weighted by atomic mass is 10.2. The van der Waals surface area contributed by atoms with Crippen LogP contribution in [0.4, 0.5) is 0 Å². The summed E-state index contributed by atoms with van der Waals surface area (Å²) in [6.07, 6.45) is 1.53. The molecule has 0 spiro atoms. The van der Waals surface area contributed by atoms with Gasteiger partial charge in [0, 0.05) is 10.4 Å². The smallest absolute Gasteiger partial charge is 0.271 e. The predicted molar refractivity (Wildman–Crippen MR) is 69.2 cm³/mol. The third-order valence-electron chi connectivity index (χ3n) is 2.14. The van der Waals surface area contributed by atoms with E-state index in [0.717, 1.165) is 4.88 Å². The molecule has 1 aromatic heterocycles. The van der Waals surface area contributed by atoms with Crippen LogP contribution in [0.5, 0.6) is 11.5 Å². The number of aromatic hydroxyl groups is 2. The maximum Gasteiger partial charge on any atom is 0.271 e. The summed E-state index contributed by atoms with van der Waals surface area (Å²) in [6, 6.07) is 7.56. The first-order valence-electron chi connectivity index (χ1n) is 5.06. The summed E-state index contributed by atoms with van der Waals surface area (Å²) >= 11 is 1.50. The van der Waals surface area contributed by atoms with Gasteiger partial charge in [0.2, 0.25) is 0 Å². The Hall–Kier alpha value is -2.34. The number of carbonyl (C=O) groups excluding carboxylic acids is 1. The first kappa shape index (κ1) is 12.1. The van der Waals surface area contributed by atoms with E-state index in [1.54, 1.807) is 0 Å². The van der Waals surface area contributed by atoms with Gasteiger partial charge in [-0.2, -0.15) is 5.10 Å². The number of phenols is 2. The van der Waals surface area contributed by atoms with Gasteiger partial charge in [-0.05, 0) is 29.6 Å². The van der Waals surface area contributed by atoms with Crippen LogP contribution in [0.15, 0.2) is 40.8 Å². The van der Waals surface area contributed by atoms with Crippen LogP contribution in [0.1, 0.15) is 15.2 Å². The zero-order valence-corrected chi connectivity index (χ0v) is 10.0. The second kappa shape index (κ2) is 5.33. The van der Waals surface area contributed by atoms with Crippen LogP contribution >= 0.6 is 11.3 Å². The Labute approximate surface area is 107 Å². The van der Waals surface area contributed by atoms with Gasteiger partial charge in [0.15, 0.2) is 11.5 Å². The first-order chi connectivity index (χ1) is 8.66. The van der Waals surface area contributed by atoms with E-state index in [9.17, 15) is 9.90 Å². The summed E-state index contributed by atoms with van der Waals surface area (Å²) in [7, 11) is 0. The highest BCUT2D eigenvalue weighted by molar-refractivity contribution is 7.11. The van der Waals surface area contributed by atoms with Crippen molar-refractivity contribution >= 4 is 23.5 Å². The largest absolute Gasteiger partial charge is 0.504 e. The van der Waals surface area contributed by atoms with Crippen LogP contribution in [-0.4, -0.2) is 22.3 Å². The molecular formula is C12H10N2O3S. The van der Waals surface area contributed by atoms with E-state index in [1.165, 1.54) is 35.8 Å². The van der Waals surface area contributed by atoms with Crippen LogP contribution < -0.4 is 5.43 Å². The molecule has 92 valence electrons. The molecule has 0 saturated heterocycles. The number of phenolic OH excluding ortho intramolecular Hbond substituents is 2. The van der Waals surface area contributed by atoms with Gasteiger partial charge in [-0.3, -0.25) is 4.79 Å². The molecule has 5 nitrogen and oxygen atoms in total. The van der Waals surface area contributed by atoms with Crippen molar-refractivity contribution in [2.75, 3.05) is 0 Å². The average molecular weight is 262 g/mol. The van der Waals surface area contributed by atoms with Gasteiger partial charge in [0.25, 0.3) is 5.91 Å². The Balaban J connectivity index is 2.01. The highest BCUT2D eigenvalue weighted by atomic mass is 32.1. The Kier molecular flexibility index (Phi) is 3.59. The quantitative estimate of drug-likeness (QED) is 0.449. The van der Waals surface area contributed by atoms with E-state index >= 15 is 0 Å². The zero-order valence-electron chi connectivity index (χ0n) is 9.20. The highest BCUT2D eigenvalue weighted by Crippen LogP contribution is 2.24. The number of thiophene rings is 1. The first-order valence-corrected chi connectivity index (χ1v) is 5.93. The SMILES string of the molecule is O=C(N/N=C/c1cccs1)c1ccc(O)c(O)c1. The molecule has 0 radical (unpaired) electrons. The number of nitrogens with zero attached hydrogens (tertiary/aromatic N) is 1. The summed E-state index contributed by atoms with van der Waals surface area (Å²) in [5.74, 6) is -1.07. The van der Waals surface area contributed by atoms with Crippen LogP contribution in [0.2, 0.25) is 0 Å². The molecule has 0 bridgehead atoms. The topological polar surface area (TPSA) is 81.9 Å². The van der Waals surface area contributed by atoms with E-state index in [2.05, 4.69) is 10.5 Å². The molecule has 1 aromatic carbocycles. The molecule has 0 saturated carbocycles. The fourth-order valence-electron chi connectivity index (χ4n) is 1.25. The van der Waals surface area contributed by atoms with Crippen molar-refractivity contribution in [1.82, 2.24) is 5.43 Å². The summed E-state index contributed by atoms with van der Waals surface area (Å²) in [4.78, 5) is 12.5. The van der Waals surface area contributed by atoms with Crippen molar-refractivity contribution in [1.29, 1.82) is 0 Å². The molecule has 3 N–H and O–H groups in total. The summed E-state index contributed by atoms with van der Waals surface area (Å²) in [5, 5.41) is 24.1. The van der Waals surface area contributed by atoms with Gasteiger partial charge in [0.1, 0.15) is 0 Å². The van der Waals surface area contributed by atoms with Crippen molar-refractivity contribution < 1.29 is 15.0 Å². The van der Waals surface area contributed by atoms with Gasteiger partial charge in [-0.1, -0.05) is 6.07 Å². The standard InChI is InChI=1S/C12H10N2O3S/c15-10-4-3-8(6-11(10)16)12(17)14-13-7-9-2-1-5-18-9/h1-7,15-16H,(H,14,17)/b13-7+. The van der Waals surface area contributed by atoms with Gasteiger partial charge in [-0.25, -0.2) is 5.43 Å². The Morgan fingerprint density at radius 2 is 2.11 bits per heavy atom. The lowest BCUT2D eigenvalue weighted by Crippen LogP contribution is -2.17. The van der Waals surface area contributed by atoms with Crippen LogP contribution in [0, 0.1) is 0 Å². The van der Waals surface area contributed by atoms with E-state index in [1.807, 2.05) is 17.5 Å². The minimum atomic E-state index is -0.460. The lowest BCUT2D eigenvalue weighted by Gasteiger charge is -2.01. The number of hydrazone groups is 1. The number of rotatable bonds is 3. The van der Waals surface area contributed by atoms with E-state index < -0.39 is 5.91 Å². The minimum absolute atomic E-state index is 0.216. The van der Waals surface area contributed by atoms with E-state index in [0.29, 0.717) is 0 Å². The molecule has 2 aromatic rings. The minimum Gasteiger partial charge on any atom is -0.504 e. The maximum atomic E-state index is 11.6. The van der Waals surface area contributed by atoms with Gasteiger partial charge >= 0.3 is 0 Å². The van der Waals surface area contributed by atoms with Crippen molar-refractivity contribution in [2.24, 2.45) is 5.10 Å². The number of carbonyl (C=O) groups is 1. The molecule has 18 heavy (non-hydrogen) atoms. The van der Waals surface area contributed by atoms with Gasteiger partial charge < -0.3 is 10.2 Å². The molecule has 6 heteroatoms. The number of nitrogens with one attached hydrogen (secondary N) is 1. The number of benzene rings is 1. The third kappa shape index (κ3) is 2.86. The van der Waals surface area contributed by atoms with Gasteiger partial charge in [-0.15, -0.1) is 11.3 Å². The molecular weight excluding hydrogens is 252 g/mol. The molecule has 0 aliphatic rings. The average Bonchev–Trinajstić information content (AvgIpc) is 2.85.